The molecule has 1 aliphatic heterocycles. The summed E-state index contributed by atoms with van der Waals surface area (Å²) in [5.41, 5.74) is -0.309. The number of nitro groups is 2. The lowest BCUT2D eigenvalue weighted by Crippen LogP contribution is -2.17. The van der Waals surface area contributed by atoms with E-state index in [1.54, 1.807) is 0 Å². The van der Waals surface area contributed by atoms with Crippen LogP contribution in [0.25, 0.3) is 0 Å². The molecule has 1 heterocycles. The number of hydrogen-bond acceptors (Lipinski definition) is 8. The van der Waals surface area contributed by atoms with Crippen LogP contribution in [0.3, 0.4) is 0 Å². The molecule has 3 rings (SSSR count). The van der Waals surface area contributed by atoms with E-state index in [0.29, 0.717) is 5.56 Å². The SMILES string of the molecule is O=C(OCc1ccc([N+](=O)[O-])cc1)c1cc2c(cc1[N+](=O)[O-])OCCO2. The van der Waals surface area contributed by atoms with Gasteiger partial charge in [0.15, 0.2) is 11.5 Å². The zero-order valence-corrected chi connectivity index (χ0v) is 13.2. The number of non-ortho nitro benzene ring substituents is 1. The standard InChI is InChI=1S/C16H12N2O8/c19-16(26-9-10-1-3-11(4-2-10)17(20)21)12-7-14-15(25-6-5-24-14)8-13(12)18(22)23/h1-4,7-8H,5-6,9H2. The lowest BCUT2D eigenvalue weighted by molar-refractivity contribution is -0.385. The molecule has 0 N–H and O–H groups in total. The van der Waals surface area contributed by atoms with Crippen molar-refractivity contribution in [2.75, 3.05) is 13.2 Å². The molecule has 0 aromatic heterocycles. The number of ether oxygens (including phenoxy) is 3. The van der Waals surface area contributed by atoms with Crippen molar-refractivity contribution >= 4 is 17.3 Å². The van der Waals surface area contributed by atoms with Crippen molar-refractivity contribution in [1.82, 2.24) is 0 Å². The molecule has 0 amide bonds. The molecule has 0 fully saturated rings. The molecule has 0 atom stereocenters. The van der Waals surface area contributed by atoms with Crippen LogP contribution in [0.1, 0.15) is 15.9 Å². The molecule has 0 spiro atoms. The first-order valence-corrected chi connectivity index (χ1v) is 7.44. The van der Waals surface area contributed by atoms with Gasteiger partial charge < -0.3 is 14.2 Å². The van der Waals surface area contributed by atoms with Gasteiger partial charge in [0, 0.05) is 18.2 Å². The summed E-state index contributed by atoms with van der Waals surface area (Å²) in [6.45, 7) is 0.332. The molecule has 1 aliphatic rings. The fraction of sp³-hybridized carbons (Fsp3) is 0.188. The van der Waals surface area contributed by atoms with E-state index in [0.717, 1.165) is 6.07 Å². The summed E-state index contributed by atoms with van der Waals surface area (Å²) in [5.74, 6) is -0.494. The molecular weight excluding hydrogens is 348 g/mol. The van der Waals surface area contributed by atoms with Gasteiger partial charge in [0.2, 0.25) is 0 Å². The van der Waals surface area contributed by atoms with E-state index in [-0.39, 0.29) is 42.6 Å². The zero-order valence-electron chi connectivity index (χ0n) is 13.2. The highest BCUT2D eigenvalue weighted by molar-refractivity contribution is 5.95. The normalized spacial score (nSPS) is 12.3. The van der Waals surface area contributed by atoms with Crippen LogP contribution < -0.4 is 9.47 Å². The maximum atomic E-state index is 12.3. The van der Waals surface area contributed by atoms with Crippen LogP contribution in [-0.2, 0) is 11.3 Å². The monoisotopic (exact) mass is 360 g/mol. The number of nitro benzene ring substituents is 2. The Bertz CT molecular complexity index is 879. The average Bonchev–Trinajstić information content (AvgIpc) is 2.65. The summed E-state index contributed by atoms with van der Waals surface area (Å²) < 4.78 is 15.7. The summed E-state index contributed by atoms with van der Waals surface area (Å²) in [7, 11) is 0. The molecule has 0 bridgehead atoms. The number of hydrogen-bond donors (Lipinski definition) is 0. The second-order valence-electron chi connectivity index (χ2n) is 5.27. The summed E-state index contributed by atoms with van der Waals surface area (Å²) in [5, 5.41) is 21.8. The second kappa shape index (κ2) is 7.05. The van der Waals surface area contributed by atoms with Gasteiger partial charge in [0.05, 0.1) is 15.9 Å². The third kappa shape index (κ3) is 3.53. The predicted molar refractivity (Wildman–Crippen MR) is 86.3 cm³/mol. The van der Waals surface area contributed by atoms with Crippen LogP contribution in [0.2, 0.25) is 0 Å². The number of esters is 1. The van der Waals surface area contributed by atoms with Crippen molar-refractivity contribution in [3.8, 4) is 11.5 Å². The molecule has 0 radical (unpaired) electrons. The van der Waals surface area contributed by atoms with Crippen molar-refractivity contribution in [3.63, 3.8) is 0 Å². The maximum absolute atomic E-state index is 12.3. The van der Waals surface area contributed by atoms with Gasteiger partial charge in [-0.3, -0.25) is 20.2 Å². The molecule has 2 aromatic carbocycles. The quantitative estimate of drug-likeness (QED) is 0.452. The predicted octanol–water partition coefficient (Wildman–Crippen LogP) is 2.63. The van der Waals surface area contributed by atoms with Gasteiger partial charge in [-0.2, -0.15) is 0 Å². The van der Waals surface area contributed by atoms with Gasteiger partial charge in [0.1, 0.15) is 25.4 Å². The van der Waals surface area contributed by atoms with Crippen LogP contribution in [0.15, 0.2) is 36.4 Å². The highest BCUT2D eigenvalue weighted by Gasteiger charge is 2.27. The van der Waals surface area contributed by atoms with Crippen molar-refractivity contribution < 1.29 is 28.9 Å². The van der Waals surface area contributed by atoms with Crippen molar-refractivity contribution in [3.05, 3.63) is 67.8 Å². The Hall–Kier alpha value is -3.69. The molecular formula is C16H12N2O8. The summed E-state index contributed by atoms with van der Waals surface area (Å²) in [4.78, 5) is 32.9. The van der Waals surface area contributed by atoms with Gasteiger partial charge in [-0.25, -0.2) is 4.79 Å². The van der Waals surface area contributed by atoms with Crippen molar-refractivity contribution in [1.29, 1.82) is 0 Å². The fourth-order valence-electron chi connectivity index (χ4n) is 2.33. The summed E-state index contributed by atoms with van der Waals surface area (Å²) in [6.07, 6.45) is 0. The number of fused-ring (bicyclic) bond motifs is 1. The number of carbonyl (C=O) groups is 1. The molecule has 10 heteroatoms. The fourth-order valence-corrected chi connectivity index (χ4v) is 2.33. The van der Waals surface area contributed by atoms with Crippen LogP contribution in [0.4, 0.5) is 11.4 Å². The van der Waals surface area contributed by atoms with E-state index in [1.165, 1.54) is 30.3 Å². The van der Waals surface area contributed by atoms with Gasteiger partial charge in [-0.15, -0.1) is 0 Å². The van der Waals surface area contributed by atoms with E-state index in [4.69, 9.17) is 14.2 Å². The molecule has 0 saturated carbocycles. The lowest BCUT2D eigenvalue weighted by atomic mass is 10.1. The van der Waals surface area contributed by atoms with Crippen LogP contribution in [0.5, 0.6) is 11.5 Å². The Morgan fingerprint density at radius 3 is 2.19 bits per heavy atom. The first-order chi connectivity index (χ1) is 12.5. The van der Waals surface area contributed by atoms with Gasteiger partial charge in [-0.1, -0.05) is 0 Å². The first kappa shape index (κ1) is 17.1. The van der Waals surface area contributed by atoms with E-state index in [1.807, 2.05) is 0 Å². The Morgan fingerprint density at radius 2 is 1.62 bits per heavy atom. The molecule has 0 unspecified atom stereocenters. The van der Waals surface area contributed by atoms with Crippen LogP contribution >= 0.6 is 0 Å². The number of rotatable bonds is 5. The molecule has 134 valence electrons. The minimum atomic E-state index is -0.910. The highest BCUT2D eigenvalue weighted by atomic mass is 16.6. The topological polar surface area (TPSA) is 131 Å². The number of carbonyl (C=O) groups excluding carboxylic acids is 1. The van der Waals surface area contributed by atoms with Gasteiger partial charge in [0.25, 0.3) is 11.4 Å². The minimum absolute atomic E-state index is 0.0949. The third-order valence-corrected chi connectivity index (χ3v) is 3.59. The van der Waals surface area contributed by atoms with Gasteiger partial charge in [-0.05, 0) is 17.7 Å². The average molecular weight is 360 g/mol. The van der Waals surface area contributed by atoms with E-state index < -0.39 is 21.5 Å². The van der Waals surface area contributed by atoms with Crippen LogP contribution in [0, 0.1) is 20.2 Å². The maximum Gasteiger partial charge on any atom is 0.345 e. The Kier molecular flexibility index (Phi) is 4.65. The number of benzene rings is 2. The third-order valence-electron chi connectivity index (χ3n) is 3.59. The van der Waals surface area contributed by atoms with E-state index in [2.05, 4.69) is 0 Å². The first-order valence-electron chi connectivity index (χ1n) is 7.44. The van der Waals surface area contributed by atoms with E-state index >= 15 is 0 Å². The lowest BCUT2D eigenvalue weighted by Gasteiger charge is -2.18. The van der Waals surface area contributed by atoms with Crippen LogP contribution in [-0.4, -0.2) is 29.0 Å². The van der Waals surface area contributed by atoms with Crippen molar-refractivity contribution in [2.45, 2.75) is 6.61 Å². The smallest absolute Gasteiger partial charge is 0.345 e. The Balaban J connectivity index is 1.78. The second-order valence-corrected chi connectivity index (χ2v) is 5.27. The molecule has 0 saturated heterocycles. The summed E-state index contributed by atoms with van der Waals surface area (Å²) in [6, 6.07) is 7.75. The van der Waals surface area contributed by atoms with Gasteiger partial charge >= 0.3 is 5.97 Å². The zero-order chi connectivity index (χ0) is 18.7. The largest absolute Gasteiger partial charge is 0.486 e. The molecule has 10 nitrogen and oxygen atoms in total. The van der Waals surface area contributed by atoms with E-state index in [9.17, 15) is 25.0 Å². The molecule has 26 heavy (non-hydrogen) atoms. The highest BCUT2D eigenvalue weighted by Crippen LogP contribution is 2.37. The number of nitrogens with zero attached hydrogens (tertiary/aromatic N) is 2. The Labute approximate surface area is 146 Å². The minimum Gasteiger partial charge on any atom is -0.486 e. The molecule has 2 aromatic rings. The summed E-state index contributed by atoms with van der Waals surface area (Å²) >= 11 is 0. The van der Waals surface area contributed by atoms with Crippen molar-refractivity contribution in [2.24, 2.45) is 0 Å². The Morgan fingerprint density at radius 1 is 1.00 bits per heavy atom. The molecule has 0 aliphatic carbocycles.